The third-order valence-electron chi connectivity index (χ3n) is 5.21. The molecule has 2 heterocycles. The molecule has 27 heavy (non-hydrogen) atoms. The lowest BCUT2D eigenvalue weighted by atomic mass is 9.97. The van der Waals surface area contributed by atoms with Gasteiger partial charge in [-0.1, -0.05) is 42.5 Å². The molecule has 1 amide bonds. The topological polar surface area (TPSA) is 48.0 Å². The molecular weight excluding hydrogens is 342 g/mol. The Morgan fingerprint density at radius 1 is 1.11 bits per heavy atom. The summed E-state index contributed by atoms with van der Waals surface area (Å²) in [5, 5.41) is 2.28. The molecule has 0 saturated carbocycles. The molecule has 2 aliphatic rings. The van der Waals surface area contributed by atoms with Crippen molar-refractivity contribution in [1.29, 1.82) is 0 Å². The Balaban J connectivity index is 1.75. The van der Waals surface area contributed by atoms with Gasteiger partial charge in [0, 0.05) is 0 Å². The van der Waals surface area contributed by atoms with Crippen molar-refractivity contribution in [3.8, 4) is 0 Å². The minimum atomic E-state index is -1.39. The first-order chi connectivity index (χ1) is 12.9. The lowest BCUT2D eigenvalue weighted by Gasteiger charge is -2.39. The van der Waals surface area contributed by atoms with Crippen molar-refractivity contribution in [3.05, 3.63) is 59.9 Å². The van der Waals surface area contributed by atoms with E-state index in [1.54, 1.807) is 4.90 Å². The third-order valence-corrected chi connectivity index (χ3v) is 5.21. The SMILES string of the molecule is CC1=CCC2N(C(C)c3cccc4ccccc34)C(=O)OC2(OC(C)C)O1. The fourth-order valence-corrected chi connectivity index (χ4v) is 4.08. The average Bonchev–Trinajstić information content (AvgIpc) is 2.90. The molecule has 2 aromatic rings. The van der Waals surface area contributed by atoms with Gasteiger partial charge in [0.15, 0.2) is 0 Å². The lowest BCUT2D eigenvalue weighted by Crippen LogP contribution is -2.52. The van der Waals surface area contributed by atoms with Crippen molar-refractivity contribution in [1.82, 2.24) is 4.90 Å². The Morgan fingerprint density at radius 2 is 1.85 bits per heavy atom. The number of amides is 1. The van der Waals surface area contributed by atoms with E-state index < -0.39 is 12.1 Å². The maximum atomic E-state index is 12.9. The highest BCUT2D eigenvalue weighted by atomic mass is 16.9. The number of ether oxygens (including phenoxy) is 3. The third kappa shape index (κ3) is 2.96. The minimum Gasteiger partial charge on any atom is -0.433 e. The first-order valence-electron chi connectivity index (χ1n) is 9.44. The van der Waals surface area contributed by atoms with Crippen LogP contribution in [-0.4, -0.2) is 29.1 Å². The summed E-state index contributed by atoms with van der Waals surface area (Å²) in [6.45, 7) is 7.70. The predicted octanol–water partition coefficient (Wildman–Crippen LogP) is 5.12. The van der Waals surface area contributed by atoms with Gasteiger partial charge in [0.1, 0.15) is 6.04 Å². The van der Waals surface area contributed by atoms with Crippen LogP contribution in [-0.2, 0) is 14.2 Å². The van der Waals surface area contributed by atoms with Crippen LogP contribution >= 0.6 is 0 Å². The van der Waals surface area contributed by atoms with Crippen LogP contribution in [0.15, 0.2) is 54.3 Å². The second-order valence-electron chi connectivity index (χ2n) is 7.46. The van der Waals surface area contributed by atoms with E-state index in [0.29, 0.717) is 12.2 Å². The van der Waals surface area contributed by atoms with E-state index in [0.717, 1.165) is 16.3 Å². The zero-order valence-electron chi connectivity index (χ0n) is 16.1. The van der Waals surface area contributed by atoms with Gasteiger partial charge in [-0.3, -0.25) is 4.90 Å². The molecule has 1 fully saturated rings. The van der Waals surface area contributed by atoms with Crippen molar-refractivity contribution in [2.45, 2.75) is 58.3 Å². The number of hydrogen-bond donors (Lipinski definition) is 0. The molecule has 1 saturated heterocycles. The average molecular weight is 367 g/mol. The van der Waals surface area contributed by atoms with Gasteiger partial charge < -0.3 is 14.2 Å². The second kappa shape index (κ2) is 6.57. The van der Waals surface area contributed by atoms with Crippen LogP contribution in [0.2, 0.25) is 0 Å². The Morgan fingerprint density at radius 3 is 2.63 bits per heavy atom. The van der Waals surface area contributed by atoms with E-state index in [4.69, 9.17) is 14.2 Å². The first-order valence-corrected chi connectivity index (χ1v) is 9.44. The van der Waals surface area contributed by atoms with Gasteiger partial charge in [-0.2, -0.15) is 0 Å². The summed E-state index contributed by atoms with van der Waals surface area (Å²) in [6.07, 6.45) is 2.06. The fraction of sp³-hybridized carbons (Fsp3) is 0.409. The number of allylic oxidation sites excluding steroid dienone is 1. The molecular formula is C22H25NO4. The highest BCUT2D eigenvalue weighted by Gasteiger charge is 2.61. The molecule has 0 N–H and O–H groups in total. The van der Waals surface area contributed by atoms with E-state index in [2.05, 4.69) is 24.3 Å². The van der Waals surface area contributed by atoms with Gasteiger partial charge in [-0.05, 0) is 56.5 Å². The van der Waals surface area contributed by atoms with Crippen molar-refractivity contribution >= 4 is 16.9 Å². The molecule has 0 radical (unpaired) electrons. The van der Waals surface area contributed by atoms with Crippen molar-refractivity contribution < 1.29 is 19.0 Å². The van der Waals surface area contributed by atoms with Crippen LogP contribution < -0.4 is 0 Å². The molecule has 0 bridgehead atoms. The Kier molecular flexibility index (Phi) is 4.35. The number of hydrogen-bond acceptors (Lipinski definition) is 4. The van der Waals surface area contributed by atoms with E-state index in [-0.39, 0.29) is 18.2 Å². The molecule has 3 atom stereocenters. The summed E-state index contributed by atoms with van der Waals surface area (Å²) >= 11 is 0. The van der Waals surface area contributed by atoms with Gasteiger partial charge in [0.25, 0.3) is 0 Å². The number of carbonyl (C=O) groups excluding carboxylic acids is 1. The summed E-state index contributed by atoms with van der Waals surface area (Å²) in [6, 6.07) is 13.8. The lowest BCUT2D eigenvalue weighted by molar-refractivity contribution is -0.354. The number of fused-ring (bicyclic) bond motifs is 2. The van der Waals surface area contributed by atoms with Gasteiger partial charge in [-0.15, -0.1) is 0 Å². The van der Waals surface area contributed by atoms with E-state index in [1.807, 2.05) is 52.0 Å². The van der Waals surface area contributed by atoms with Gasteiger partial charge in [0.2, 0.25) is 0 Å². The maximum absolute atomic E-state index is 12.9. The summed E-state index contributed by atoms with van der Waals surface area (Å²) in [4.78, 5) is 14.7. The van der Waals surface area contributed by atoms with Gasteiger partial charge in [-0.25, -0.2) is 4.79 Å². The van der Waals surface area contributed by atoms with Gasteiger partial charge >= 0.3 is 12.1 Å². The number of rotatable bonds is 4. The maximum Gasteiger partial charge on any atom is 0.416 e. The van der Waals surface area contributed by atoms with Crippen LogP contribution in [0.3, 0.4) is 0 Å². The monoisotopic (exact) mass is 367 g/mol. The van der Waals surface area contributed by atoms with Crippen LogP contribution in [0.1, 0.15) is 45.7 Å². The summed E-state index contributed by atoms with van der Waals surface area (Å²) in [5.41, 5.74) is 1.08. The minimum absolute atomic E-state index is 0.140. The Bertz CT molecular complexity index is 901. The van der Waals surface area contributed by atoms with E-state index >= 15 is 0 Å². The standard InChI is InChI=1S/C22H25NO4/c1-14(2)25-22-20(13-12-15(3)26-22)23(21(24)27-22)16(4)18-11-7-9-17-8-5-6-10-19(17)18/h5-12,14,16,20H,13H2,1-4H3. The molecule has 2 aromatic carbocycles. The molecule has 5 nitrogen and oxygen atoms in total. The molecule has 5 heteroatoms. The van der Waals surface area contributed by atoms with Crippen molar-refractivity contribution in [2.75, 3.05) is 0 Å². The molecule has 2 aliphatic heterocycles. The molecule has 0 spiro atoms. The smallest absolute Gasteiger partial charge is 0.416 e. The Labute approximate surface area is 159 Å². The molecule has 0 aromatic heterocycles. The van der Waals surface area contributed by atoms with Crippen LogP contribution in [0, 0.1) is 0 Å². The predicted molar refractivity (Wildman–Crippen MR) is 103 cm³/mol. The molecule has 0 aliphatic carbocycles. The number of carbonyl (C=O) groups is 1. The van der Waals surface area contributed by atoms with Crippen LogP contribution in [0.25, 0.3) is 10.8 Å². The fourth-order valence-electron chi connectivity index (χ4n) is 4.08. The summed E-state index contributed by atoms with van der Waals surface area (Å²) < 4.78 is 17.6. The quantitative estimate of drug-likeness (QED) is 0.752. The summed E-state index contributed by atoms with van der Waals surface area (Å²) in [5.74, 6) is -0.678. The van der Waals surface area contributed by atoms with Crippen LogP contribution in [0.4, 0.5) is 4.79 Å². The zero-order valence-corrected chi connectivity index (χ0v) is 16.1. The molecule has 142 valence electrons. The highest BCUT2D eigenvalue weighted by Crippen LogP contribution is 2.44. The first kappa shape index (κ1) is 17.9. The largest absolute Gasteiger partial charge is 0.433 e. The van der Waals surface area contributed by atoms with Crippen LogP contribution in [0.5, 0.6) is 0 Å². The normalized spacial score (nSPS) is 25.8. The van der Waals surface area contributed by atoms with Gasteiger partial charge in [0.05, 0.1) is 17.9 Å². The number of nitrogens with zero attached hydrogens (tertiary/aromatic N) is 1. The highest BCUT2D eigenvalue weighted by molar-refractivity contribution is 5.86. The van der Waals surface area contributed by atoms with Crippen molar-refractivity contribution in [3.63, 3.8) is 0 Å². The van der Waals surface area contributed by atoms with E-state index in [9.17, 15) is 4.79 Å². The molecule has 4 rings (SSSR count). The molecule has 3 unspecified atom stereocenters. The van der Waals surface area contributed by atoms with Crippen molar-refractivity contribution in [2.24, 2.45) is 0 Å². The second-order valence-corrected chi connectivity index (χ2v) is 7.46. The zero-order chi connectivity index (χ0) is 19.2. The Hall–Kier alpha value is -2.53. The summed E-state index contributed by atoms with van der Waals surface area (Å²) in [7, 11) is 0. The van der Waals surface area contributed by atoms with E-state index in [1.165, 1.54) is 0 Å². The number of benzene rings is 2.